The zero-order valence-corrected chi connectivity index (χ0v) is 14.1. The number of nitrogens with zero attached hydrogens (tertiary/aromatic N) is 6. The minimum atomic E-state index is -0.475. The summed E-state index contributed by atoms with van der Waals surface area (Å²) in [7, 11) is 0. The summed E-state index contributed by atoms with van der Waals surface area (Å²) >= 11 is 0. The molecule has 0 atom stereocenters. The van der Waals surface area contributed by atoms with Gasteiger partial charge >= 0.3 is 5.69 Å². The molecule has 142 valence electrons. The van der Waals surface area contributed by atoms with Crippen molar-refractivity contribution in [2.45, 2.75) is 0 Å². The number of fused-ring (bicyclic) bond motifs is 2. The standard InChI is InChI=1S/2C5H5N5.C4H4N2O2/c2*6-4-3-5(9-1-7-3)10-2-8-4;7-3-1-2-5-4(8)6-3/h2*1-2H,(H3,6,7,8,9,10);1-2H,(H2,5,6,7,8). The smallest absolute Gasteiger partial charge is 0.325 e. The number of imidazole rings is 2. The van der Waals surface area contributed by atoms with Crippen molar-refractivity contribution in [3.63, 3.8) is 0 Å². The van der Waals surface area contributed by atoms with Crippen LogP contribution >= 0.6 is 0 Å². The van der Waals surface area contributed by atoms with E-state index in [2.05, 4.69) is 44.9 Å². The van der Waals surface area contributed by atoms with Gasteiger partial charge in [0, 0.05) is 12.3 Å². The van der Waals surface area contributed by atoms with E-state index < -0.39 is 5.69 Å². The Labute approximate surface area is 154 Å². The van der Waals surface area contributed by atoms with E-state index in [-0.39, 0.29) is 5.56 Å². The van der Waals surface area contributed by atoms with Crippen molar-refractivity contribution in [2.75, 3.05) is 11.5 Å². The Morgan fingerprint density at radius 1 is 0.714 bits per heavy atom. The third-order valence-corrected chi connectivity index (χ3v) is 3.19. The van der Waals surface area contributed by atoms with Crippen LogP contribution in [-0.2, 0) is 0 Å². The van der Waals surface area contributed by atoms with Crippen LogP contribution in [0.1, 0.15) is 0 Å². The van der Waals surface area contributed by atoms with Crippen LogP contribution in [0.5, 0.6) is 0 Å². The fourth-order valence-corrected chi connectivity index (χ4v) is 1.95. The highest BCUT2D eigenvalue weighted by Crippen LogP contribution is 2.09. The lowest BCUT2D eigenvalue weighted by Crippen LogP contribution is -2.19. The molecule has 0 saturated heterocycles. The summed E-state index contributed by atoms with van der Waals surface area (Å²) in [6, 6.07) is 1.24. The van der Waals surface area contributed by atoms with Crippen LogP contribution in [0.25, 0.3) is 22.3 Å². The van der Waals surface area contributed by atoms with Gasteiger partial charge in [0.15, 0.2) is 22.9 Å². The Morgan fingerprint density at radius 3 is 1.64 bits per heavy atom. The molecule has 28 heavy (non-hydrogen) atoms. The van der Waals surface area contributed by atoms with Gasteiger partial charge in [0.1, 0.15) is 23.7 Å². The predicted octanol–water partition coefficient (Wildman–Crippen LogP) is -1.07. The Morgan fingerprint density at radius 2 is 1.25 bits per heavy atom. The van der Waals surface area contributed by atoms with Gasteiger partial charge in [-0.05, 0) is 0 Å². The van der Waals surface area contributed by atoms with Gasteiger partial charge in [0.25, 0.3) is 5.56 Å². The summed E-state index contributed by atoms with van der Waals surface area (Å²) in [6.45, 7) is 0. The molecule has 14 nitrogen and oxygen atoms in total. The number of nitrogen functional groups attached to an aromatic ring is 2. The molecule has 5 heterocycles. The highest BCUT2D eigenvalue weighted by Gasteiger charge is 2.00. The summed E-state index contributed by atoms with van der Waals surface area (Å²) in [5.74, 6) is 0.866. The Kier molecular flexibility index (Phi) is 5.31. The first-order valence-electron chi connectivity index (χ1n) is 7.61. The normalized spacial score (nSPS) is 10.0. The van der Waals surface area contributed by atoms with E-state index >= 15 is 0 Å². The number of aromatic nitrogens is 10. The van der Waals surface area contributed by atoms with Crippen molar-refractivity contribution < 1.29 is 0 Å². The molecule has 0 amide bonds. The second kappa shape index (κ2) is 8.17. The number of rotatable bonds is 0. The number of H-pyrrole nitrogens is 4. The van der Waals surface area contributed by atoms with Gasteiger partial charge in [-0.25, -0.2) is 34.7 Å². The molecule has 0 saturated carbocycles. The van der Waals surface area contributed by atoms with E-state index in [0.29, 0.717) is 34.0 Å². The van der Waals surface area contributed by atoms with Crippen molar-refractivity contribution in [1.82, 2.24) is 49.8 Å². The van der Waals surface area contributed by atoms with E-state index in [4.69, 9.17) is 11.5 Å². The molecule has 5 aromatic heterocycles. The van der Waals surface area contributed by atoms with Crippen molar-refractivity contribution in [3.8, 4) is 0 Å². The van der Waals surface area contributed by atoms with E-state index in [1.807, 2.05) is 4.98 Å². The third kappa shape index (κ3) is 4.31. The number of hydrogen-bond acceptors (Lipinski definition) is 10. The maximum absolute atomic E-state index is 10.2. The fourth-order valence-electron chi connectivity index (χ4n) is 1.95. The fraction of sp³-hybridized carbons (Fsp3) is 0. The maximum Gasteiger partial charge on any atom is 0.325 e. The second-order valence-corrected chi connectivity index (χ2v) is 5.02. The highest BCUT2D eigenvalue weighted by atomic mass is 16.2. The van der Waals surface area contributed by atoms with Gasteiger partial charge in [0.05, 0.1) is 12.7 Å². The SMILES string of the molecule is Nc1ncnc2nc[nH]c12.Nc1ncnc2nc[nH]c12.O=c1cc[nH]c(=O)[nH]1. The molecule has 0 aromatic carbocycles. The number of nitrogens with one attached hydrogen (secondary N) is 4. The molecule has 0 fully saturated rings. The molecule has 0 bridgehead atoms. The van der Waals surface area contributed by atoms with Gasteiger partial charge in [-0.15, -0.1) is 0 Å². The van der Waals surface area contributed by atoms with Crippen LogP contribution in [0, 0.1) is 0 Å². The summed E-state index contributed by atoms with van der Waals surface area (Å²) < 4.78 is 0. The second-order valence-electron chi connectivity index (χ2n) is 5.02. The highest BCUT2D eigenvalue weighted by molar-refractivity contribution is 5.80. The van der Waals surface area contributed by atoms with Crippen molar-refractivity contribution >= 4 is 34.0 Å². The molecular weight excluding hydrogens is 368 g/mol. The minimum absolute atomic E-state index is 0.381. The van der Waals surface area contributed by atoms with Crippen LogP contribution in [-0.4, -0.2) is 49.8 Å². The lowest BCUT2D eigenvalue weighted by atomic mass is 10.5. The molecule has 5 rings (SSSR count). The minimum Gasteiger partial charge on any atom is -0.382 e. The number of anilines is 2. The molecule has 14 heteroatoms. The maximum atomic E-state index is 10.2. The molecule has 8 N–H and O–H groups in total. The van der Waals surface area contributed by atoms with E-state index in [1.54, 1.807) is 0 Å². The summed E-state index contributed by atoms with van der Waals surface area (Å²) in [4.78, 5) is 53.4. The molecule has 0 spiro atoms. The number of hydrogen-bond donors (Lipinski definition) is 6. The van der Waals surface area contributed by atoms with Crippen molar-refractivity contribution in [3.05, 3.63) is 58.4 Å². The number of aromatic amines is 4. The van der Waals surface area contributed by atoms with Crippen LogP contribution in [0.15, 0.2) is 47.2 Å². The van der Waals surface area contributed by atoms with Crippen LogP contribution in [0.3, 0.4) is 0 Å². The van der Waals surface area contributed by atoms with E-state index in [9.17, 15) is 9.59 Å². The van der Waals surface area contributed by atoms with E-state index in [1.165, 1.54) is 37.6 Å². The molecular formula is C14H14N12O2. The largest absolute Gasteiger partial charge is 0.382 e. The van der Waals surface area contributed by atoms with Crippen LogP contribution < -0.4 is 22.7 Å². The van der Waals surface area contributed by atoms with Crippen molar-refractivity contribution in [2.24, 2.45) is 0 Å². The predicted molar refractivity (Wildman–Crippen MR) is 99.9 cm³/mol. The average Bonchev–Trinajstić information content (AvgIpc) is 3.33. The van der Waals surface area contributed by atoms with Gasteiger partial charge in [-0.1, -0.05) is 0 Å². The topological polar surface area (TPSA) is 227 Å². The molecule has 5 aromatic rings. The Hall–Kier alpha value is -4.62. The molecule has 0 aliphatic heterocycles. The summed E-state index contributed by atoms with van der Waals surface area (Å²) in [5.41, 5.74) is 12.7. The van der Waals surface area contributed by atoms with Crippen LogP contribution in [0.4, 0.5) is 11.6 Å². The zero-order chi connectivity index (χ0) is 19.9. The van der Waals surface area contributed by atoms with Gasteiger partial charge in [-0.2, -0.15) is 0 Å². The molecule has 0 unspecified atom stereocenters. The summed E-state index contributed by atoms with van der Waals surface area (Å²) in [6.07, 6.45) is 7.14. The first-order chi connectivity index (χ1) is 13.5. The molecule has 0 aliphatic carbocycles. The van der Waals surface area contributed by atoms with Gasteiger partial charge < -0.3 is 26.4 Å². The Bertz CT molecular complexity index is 1200. The van der Waals surface area contributed by atoms with Crippen molar-refractivity contribution in [1.29, 1.82) is 0 Å². The zero-order valence-electron chi connectivity index (χ0n) is 14.1. The third-order valence-electron chi connectivity index (χ3n) is 3.19. The molecule has 0 radical (unpaired) electrons. The van der Waals surface area contributed by atoms with Gasteiger partial charge in [0.2, 0.25) is 0 Å². The lowest BCUT2D eigenvalue weighted by molar-refractivity contribution is 1.04. The lowest BCUT2D eigenvalue weighted by Gasteiger charge is -1.89. The first-order valence-corrected chi connectivity index (χ1v) is 7.61. The Balaban J connectivity index is 0.000000122. The van der Waals surface area contributed by atoms with Crippen LogP contribution in [0.2, 0.25) is 0 Å². The van der Waals surface area contributed by atoms with Gasteiger partial charge in [-0.3, -0.25) is 9.78 Å². The van der Waals surface area contributed by atoms with E-state index in [0.717, 1.165) is 0 Å². The molecule has 0 aliphatic rings. The summed E-state index contributed by atoms with van der Waals surface area (Å²) in [5, 5.41) is 0. The quantitative estimate of drug-likeness (QED) is 0.190. The monoisotopic (exact) mass is 382 g/mol. The average molecular weight is 382 g/mol. The first kappa shape index (κ1) is 18.2. The number of nitrogens with two attached hydrogens (primary N) is 2.